The van der Waals surface area contributed by atoms with E-state index in [2.05, 4.69) is 31.9 Å². The molecule has 1 saturated heterocycles. The number of para-hydroxylation sites is 1. The van der Waals surface area contributed by atoms with Crippen LogP contribution in [0.1, 0.15) is 12.0 Å². The number of thiophene rings is 1. The van der Waals surface area contributed by atoms with Crippen LogP contribution in [0, 0.1) is 0 Å². The predicted molar refractivity (Wildman–Crippen MR) is 95.7 cm³/mol. The van der Waals surface area contributed by atoms with Gasteiger partial charge in [0.25, 0.3) is 0 Å². The molecular formula is C18H23N3OS. The monoisotopic (exact) mass is 329 g/mol. The van der Waals surface area contributed by atoms with Crippen LogP contribution >= 0.6 is 11.3 Å². The van der Waals surface area contributed by atoms with Gasteiger partial charge in [0.1, 0.15) is 0 Å². The van der Waals surface area contributed by atoms with E-state index in [4.69, 9.17) is 0 Å². The van der Waals surface area contributed by atoms with Gasteiger partial charge in [-0.25, -0.2) is 0 Å². The summed E-state index contributed by atoms with van der Waals surface area (Å²) in [6.07, 6.45) is 1.11. The molecule has 4 nitrogen and oxygen atoms in total. The molecule has 2 heterocycles. The third-order valence-electron chi connectivity index (χ3n) is 4.09. The van der Waals surface area contributed by atoms with Crippen LogP contribution in [0.4, 0.5) is 5.69 Å². The first kappa shape index (κ1) is 16.2. The quantitative estimate of drug-likeness (QED) is 0.916. The highest BCUT2D eigenvalue weighted by Crippen LogP contribution is 2.12. The first-order valence-electron chi connectivity index (χ1n) is 8.10. The third kappa shape index (κ3) is 5.16. The molecule has 122 valence electrons. The molecule has 5 heteroatoms. The number of rotatable bonds is 5. The average Bonchev–Trinajstić information content (AvgIpc) is 2.96. The minimum absolute atomic E-state index is 0.0717. The van der Waals surface area contributed by atoms with Crippen molar-refractivity contribution in [3.05, 3.63) is 52.7 Å². The molecule has 1 aliphatic heterocycles. The number of carbonyl (C=O) groups is 1. The van der Waals surface area contributed by atoms with Gasteiger partial charge in [-0.15, -0.1) is 0 Å². The Labute approximate surface area is 141 Å². The Morgan fingerprint density at radius 1 is 1.04 bits per heavy atom. The number of hydrogen-bond donors (Lipinski definition) is 1. The van der Waals surface area contributed by atoms with Gasteiger partial charge < -0.3 is 5.32 Å². The normalized spacial score (nSPS) is 16.9. The van der Waals surface area contributed by atoms with Crippen LogP contribution in [0.15, 0.2) is 47.2 Å². The predicted octanol–water partition coefficient (Wildman–Crippen LogP) is 2.89. The Kier molecular flexibility index (Phi) is 5.80. The first-order chi connectivity index (χ1) is 11.3. The van der Waals surface area contributed by atoms with E-state index in [9.17, 15) is 4.79 Å². The lowest BCUT2D eigenvalue weighted by Gasteiger charge is -2.21. The van der Waals surface area contributed by atoms with Gasteiger partial charge in [-0.1, -0.05) is 18.2 Å². The fourth-order valence-corrected chi connectivity index (χ4v) is 3.57. The highest BCUT2D eigenvalue weighted by molar-refractivity contribution is 7.07. The van der Waals surface area contributed by atoms with Gasteiger partial charge in [0, 0.05) is 25.3 Å². The van der Waals surface area contributed by atoms with Gasteiger partial charge in [0.2, 0.25) is 5.91 Å². The van der Waals surface area contributed by atoms with Crippen molar-refractivity contribution < 1.29 is 4.79 Å². The molecule has 0 unspecified atom stereocenters. The average molecular weight is 329 g/mol. The Balaban J connectivity index is 1.45. The maximum absolute atomic E-state index is 12.2. The SMILES string of the molecule is O=C(CN1CCCN(Cc2ccsc2)CC1)Nc1ccccc1. The number of hydrogen-bond acceptors (Lipinski definition) is 4. The summed E-state index contributed by atoms with van der Waals surface area (Å²) in [4.78, 5) is 16.9. The van der Waals surface area contributed by atoms with E-state index in [1.54, 1.807) is 11.3 Å². The van der Waals surface area contributed by atoms with Crippen LogP contribution in [0.3, 0.4) is 0 Å². The minimum atomic E-state index is 0.0717. The summed E-state index contributed by atoms with van der Waals surface area (Å²) in [6.45, 7) is 5.56. The molecule has 1 N–H and O–H groups in total. The van der Waals surface area contributed by atoms with Crippen molar-refractivity contribution in [3.8, 4) is 0 Å². The topological polar surface area (TPSA) is 35.6 Å². The van der Waals surface area contributed by atoms with Crippen LogP contribution in [-0.4, -0.2) is 48.4 Å². The molecular weight excluding hydrogens is 306 g/mol. The molecule has 1 amide bonds. The maximum atomic E-state index is 12.2. The van der Waals surface area contributed by atoms with E-state index >= 15 is 0 Å². The zero-order valence-electron chi connectivity index (χ0n) is 13.3. The second-order valence-electron chi connectivity index (χ2n) is 5.95. The van der Waals surface area contributed by atoms with E-state index in [1.807, 2.05) is 30.3 Å². The molecule has 0 saturated carbocycles. The summed E-state index contributed by atoms with van der Waals surface area (Å²) in [6, 6.07) is 11.9. The van der Waals surface area contributed by atoms with Crippen molar-refractivity contribution in [2.24, 2.45) is 0 Å². The van der Waals surface area contributed by atoms with E-state index < -0.39 is 0 Å². The van der Waals surface area contributed by atoms with Gasteiger partial charge in [0.05, 0.1) is 6.54 Å². The third-order valence-corrected chi connectivity index (χ3v) is 4.82. The van der Waals surface area contributed by atoms with Crippen molar-refractivity contribution in [1.29, 1.82) is 0 Å². The molecule has 0 spiro atoms. The first-order valence-corrected chi connectivity index (χ1v) is 9.04. The minimum Gasteiger partial charge on any atom is -0.325 e. The summed E-state index contributed by atoms with van der Waals surface area (Å²) >= 11 is 1.75. The van der Waals surface area contributed by atoms with E-state index in [0.717, 1.165) is 44.8 Å². The Morgan fingerprint density at radius 2 is 1.83 bits per heavy atom. The van der Waals surface area contributed by atoms with Crippen molar-refractivity contribution in [1.82, 2.24) is 9.80 Å². The molecule has 1 aromatic carbocycles. The summed E-state index contributed by atoms with van der Waals surface area (Å²) < 4.78 is 0. The number of anilines is 1. The largest absolute Gasteiger partial charge is 0.325 e. The highest BCUT2D eigenvalue weighted by Gasteiger charge is 2.17. The van der Waals surface area contributed by atoms with Gasteiger partial charge in [0.15, 0.2) is 0 Å². The molecule has 1 aromatic heterocycles. The molecule has 0 aliphatic carbocycles. The Morgan fingerprint density at radius 3 is 2.61 bits per heavy atom. The van der Waals surface area contributed by atoms with Gasteiger partial charge in [-0.05, 0) is 54.0 Å². The Hall–Kier alpha value is -1.69. The molecule has 0 atom stereocenters. The number of nitrogens with one attached hydrogen (secondary N) is 1. The molecule has 1 fully saturated rings. The zero-order valence-corrected chi connectivity index (χ0v) is 14.1. The van der Waals surface area contributed by atoms with Crippen molar-refractivity contribution in [3.63, 3.8) is 0 Å². The van der Waals surface area contributed by atoms with Gasteiger partial charge >= 0.3 is 0 Å². The molecule has 23 heavy (non-hydrogen) atoms. The van der Waals surface area contributed by atoms with E-state index in [1.165, 1.54) is 5.56 Å². The second kappa shape index (κ2) is 8.24. The van der Waals surface area contributed by atoms with Crippen LogP contribution in [0.2, 0.25) is 0 Å². The number of nitrogens with zero attached hydrogens (tertiary/aromatic N) is 2. The molecule has 1 aliphatic rings. The highest BCUT2D eigenvalue weighted by atomic mass is 32.1. The molecule has 0 bridgehead atoms. The van der Waals surface area contributed by atoms with Gasteiger partial charge in [-0.3, -0.25) is 14.6 Å². The summed E-state index contributed by atoms with van der Waals surface area (Å²) in [5.41, 5.74) is 2.26. The fraction of sp³-hybridized carbons (Fsp3) is 0.389. The Bertz CT molecular complexity index is 600. The van der Waals surface area contributed by atoms with Crippen molar-refractivity contribution in [2.75, 3.05) is 38.0 Å². The lowest BCUT2D eigenvalue weighted by atomic mass is 10.3. The van der Waals surface area contributed by atoms with Gasteiger partial charge in [-0.2, -0.15) is 11.3 Å². The molecule has 2 aromatic rings. The number of carbonyl (C=O) groups excluding carboxylic acids is 1. The lowest BCUT2D eigenvalue weighted by molar-refractivity contribution is -0.117. The van der Waals surface area contributed by atoms with Crippen molar-refractivity contribution >= 4 is 22.9 Å². The van der Waals surface area contributed by atoms with Crippen LogP contribution in [0.5, 0.6) is 0 Å². The summed E-state index contributed by atoms with van der Waals surface area (Å²) in [7, 11) is 0. The summed E-state index contributed by atoms with van der Waals surface area (Å²) in [5, 5.41) is 7.31. The van der Waals surface area contributed by atoms with Crippen LogP contribution in [0.25, 0.3) is 0 Å². The fourth-order valence-electron chi connectivity index (χ4n) is 2.91. The molecule has 0 radical (unpaired) electrons. The second-order valence-corrected chi connectivity index (χ2v) is 6.73. The smallest absolute Gasteiger partial charge is 0.238 e. The van der Waals surface area contributed by atoms with Crippen molar-refractivity contribution in [2.45, 2.75) is 13.0 Å². The number of amides is 1. The lowest BCUT2D eigenvalue weighted by Crippen LogP contribution is -2.36. The van der Waals surface area contributed by atoms with E-state index in [-0.39, 0.29) is 5.91 Å². The standard InChI is InChI=1S/C18H23N3OS/c22-18(19-17-5-2-1-3-6-17)14-21-9-4-8-20(10-11-21)13-16-7-12-23-15-16/h1-3,5-7,12,15H,4,8-11,13-14H2,(H,19,22). The zero-order chi connectivity index (χ0) is 15.9. The van der Waals surface area contributed by atoms with Crippen LogP contribution in [-0.2, 0) is 11.3 Å². The number of benzene rings is 1. The van der Waals surface area contributed by atoms with Crippen LogP contribution < -0.4 is 5.32 Å². The molecule has 3 rings (SSSR count). The maximum Gasteiger partial charge on any atom is 0.238 e. The summed E-state index contributed by atoms with van der Waals surface area (Å²) in [5.74, 6) is 0.0717. The van der Waals surface area contributed by atoms with E-state index in [0.29, 0.717) is 6.54 Å².